The zero-order valence-electron chi connectivity index (χ0n) is 21.4. The van der Waals surface area contributed by atoms with E-state index in [9.17, 15) is 26.8 Å². The number of hydrogen-bond acceptors (Lipinski definition) is 6. The number of nitrogens with one attached hydrogen (secondary N) is 2. The van der Waals surface area contributed by atoms with Crippen molar-refractivity contribution in [2.24, 2.45) is 5.10 Å². The second kappa shape index (κ2) is 13.3. The van der Waals surface area contributed by atoms with Gasteiger partial charge >= 0.3 is 0 Å². The monoisotopic (exact) mass is 578 g/mol. The number of sulfonamides is 1. The molecule has 9 nitrogen and oxygen atoms in total. The maximum absolute atomic E-state index is 13.5. The summed E-state index contributed by atoms with van der Waals surface area (Å²) in [6.07, 6.45) is 1.34. The maximum atomic E-state index is 13.5. The van der Waals surface area contributed by atoms with Crippen molar-refractivity contribution in [3.8, 4) is 5.75 Å². The van der Waals surface area contributed by atoms with Gasteiger partial charge in [0.15, 0.2) is 6.61 Å². The Labute approximate surface area is 235 Å². The lowest BCUT2D eigenvalue weighted by Gasteiger charge is -2.23. The van der Waals surface area contributed by atoms with Gasteiger partial charge in [0.1, 0.15) is 23.9 Å². The van der Waals surface area contributed by atoms with Crippen molar-refractivity contribution >= 4 is 39.4 Å². The molecule has 0 unspecified atom stereocenters. The van der Waals surface area contributed by atoms with Crippen molar-refractivity contribution < 1.29 is 31.5 Å². The summed E-state index contributed by atoms with van der Waals surface area (Å²) in [6.45, 7) is -0.871. The quantitative estimate of drug-likeness (QED) is 0.203. The topological polar surface area (TPSA) is 117 Å². The molecule has 0 saturated carbocycles. The van der Waals surface area contributed by atoms with Crippen LogP contribution in [0.5, 0.6) is 5.75 Å². The third-order valence-electron chi connectivity index (χ3n) is 5.51. The molecule has 0 aliphatic rings. The number of halogens is 2. The molecule has 2 amide bonds. The molecule has 0 heterocycles. The highest BCUT2D eigenvalue weighted by Crippen LogP contribution is 2.23. The van der Waals surface area contributed by atoms with Crippen molar-refractivity contribution in [1.82, 2.24) is 5.43 Å². The smallest absolute Gasteiger partial charge is 0.264 e. The van der Waals surface area contributed by atoms with Crippen LogP contribution in [-0.2, 0) is 19.6 Å². The molecular weight excluding hydrogens is 554 g/mol. The minimum Gasteiger partial charge on any atom is -0.484 e. The Morgan fingerprint density at radius 2 is 1.41 bits per heavy atom. The van der Waals surface area contributed by atoms with Gasteiger partial charge in [-0.3, -0.25) is 13.9 Å². The molecule has 0 spiro atoms. The second-order valence-electron chi connectivity index (χ2n) is 8.51. The SMILES string of the molecule is O=C(CN(c1ccc(F)cc1)S(=O)(=O)c1ccccc1)N/N=C\c1ccc(OCC(=O)Nc2ccc(F)cc2)cc1. The number of hydrogen-bond donors (Lipinski definition) is 2. The van der Waals surface area contributed by atoms with Gasteiger partial charge in [0.2, 0.25) is 0 Å². The minimum absolute atomic E-state index is 0.0316. The van der Waals surface area contributed by atoms with E-state index < -0.39 is 40.0 Å². The fourth-order valence-electron chi connectivity index (χ4n) is 3.52. The predicted molar refractivity (Wildman–Crippen MR) is 150 cm³/mol. The summed E-state index contributed by atoms with van der Waals surface area (Å²) in [4.78, 5) is 24.6. The zero-order valence-corrected chi connectivity index (χ0v) is 22.2. The van der Waals surface area contributed by atoms with Crippen molar-refractivity contribution in [2.75, 3.05) is 22.8 Å². The van der Waals surface area contributed by atoms with E-state index in [-0.39, 0.29) is 17.2 Å². The highest BCUT2D eigenvalue weighted by atomic mass is 32.2. The van der Waals surface area contributed by atoms with Crippen LogP contribution in [0.1, 0.15) is 5.56 Å². The Kier molecular flexibility index (Phi) is 9.38. The number of anilines is 2. The number of ether oxygens (including phenoxy) is 1. The van der Waals surface area contributed by atoms with Gasteiger partial charge in [0.25, 0.3) is 21.8 Å². The van der Waals surface area contributed by atoms with E-state index in [2.05, 4.69) is 15.8 Å². The summed E-state index contributed by atoms with van der Waals surface area (Å²) in [5.41, 5.74) is 3.42. The van der Waals surface area contributed by atoms with Crippen LogP contribution in [0.25, 0.3) is 0 Å². The molecule has 12 heteroatoms. The van der Waals surface area contributed by atoms with Crippen molar-refractivity contribution in [2.45, 2.75) is 4.90 Å². The molecule has 0 aromatic heterocycles. The van der Waals surface area contributed by atoms with E-state index in [1.165, 1.54) is 54.7 Å². The first-order valence-electron chi connectivity index (χ1n) is 12.1. The summed E-state index contributed by atoms with van der Waals surface area (Å²) in [7, 11) is -4.13. The van der Waals surface area contributed by atoms with Crippen LogP contribution in [0.3, 0.4) is 0 Å². The van der Waals surface area contributed by atoms with Crippen LogP contribution in [-0.4, -0.2) is 39.6 Å². The lowest BCUT2D eigenvalue weighted by Crippen LogP contribution is -2.39. The lowest BCUT2D eigenvalue weighted by molar-refractivity contribution is -0.119. The molecule has 4 rings (SSSR count). The minimum atomic E-state index is -4.13. The normalized spacial score (nSPS) is 11.2. The van der Waals surface area contributed by atoms with Crippen LogP contribution >= 0.6 is 0 Å². The Hall–Kier alpha value is -5.10. The highest BCUT2D eigenvalue weighted by Gasteiger charge is 2.27. The first-order valence-corrected chi connectivity index (χ1v) is 13.6. The number of benzene rings is 4. The van der Waals surface area contributed by atoms with Gasteiger partial charge in [-0.15, -0.1) is 0 Å². The molecule has 41 heavy (non-hydrogen) atoms. The number of hydrazone groups is 1. The summed E-state index contributed by atoms with van der Waals surface area (Å²) in [5.74, 6) is -1.71. The fraction of sp³-hybridized carbons (Fsp3) is 0.0690. The Balaban J connectivity index is 1.33. The standard InChI is InChI=1S/C29H24F2N4O5S/c30-22-8-12-24(13-9-22)33-29(37)20-40-26-16-6-21(7-17-26)18-32-34-28(36)19-35(25-14-10-23(31)11-15-25)41(38,39)27-4-2-1-3-5-27/h1-18H,19-20H2,(H,33,37)(H,34,36)/b32-18-. The number of carbonyl (C=O) groups excluding carboxylic acids is 2. The summed E-state index contributed by atoms with van der Waals surface area (Å²) < 4.78 is 59.2. The van der Waals surface area contributed by atoms with Crippen LogP contribution < -0.4 is 19.8 Å². The maximum Gasteiger partial charge on any atom is 0.264 e. The molecule has 0 bridgehead atoms. The van der Waals surface area contributed by atoms with Gasteiger partial charge in [-0.2, -0.15) is 5.10 Å². The van der Waals surface area contributed by atoms with Crippen LogP contribution in [0.2, 0.25) is 0 Å². The lowest BCUT2D eigenvalue weighted by atomic mass is 10.2. The second-order valence-corrected chi connectivity index (χ2v) is 10.4. The van der Waals surface area contributed by atoms with Crippen molar-refractivity contribution in [1.29, 1.82) is 0 Å². The molecular formula is C29H24F2N4O5S. The predicted octanol–water partition coefficient (Wildman–Crippen LogP) is 4.33. The largest absolute Gasteiger partial charge is 0.484 e. The zero-order chi connectivity index (χ0) is 29.2. The van der Waals surface area contributed by atoms with E-state index in [0.717, 1.165) is 16.4 Å². The molecule has 0 atom stereocenters. The highest BCUT2D eigenvalue weighted by molar-refractivity contribution is 7.92. The van der Waals surface area contributed by atoms with Gasteiger partial charge in [-0.25, -0.2) is 22.6 Å². The van der Waals surface area contributed by atoms with E-state index in [4.69, 9.17) is 4.74 Å². The molecule has 2 N–H and O–H groups in total. The Morgan fingerprint density at radius 1 is 0.805 bits per heavy atom. The van der Waals surface area contributed by atoms with Crippen LogP contribution in [0.15, 0.2) is 113 Å². The first kappa shape index (κ1) is 28.9. The van der Waals surface area contributed by atoms with Gasteiger partial charge in [0, 0.05) is 5.69 Å². The van der Waals surface area contributed by atoms with E-state index >= 15 is 0 Å². The molecule has 4 aromatic rings. The van der Waals surface area contributed by atoms with Crippen molar-refractivity contribution in [3.05, 3.63) is 120 Å². The van der Waals surface area contributed by atoms with E-state index in [0.29, 0.717) is 17.0 Å². The van der Waals surface area contributed by atoms with Gasteiger partial charge in [0.05, 0.1) is 16.8 Å². The third kappa shape index (κ3) is 8.19. The average Bonchev–Trinajstić information content (AvgIpc) is 2.98. The summed E-state index contributed by atoms with van der Waals surface area (Å²) in [6, 6.07) is 24.1. The van der Waals surface area contributed by atoms with Gasteiger partial charge < -0.3 is 10.1 Å². The first-order chi connectivity index (χ1) is 19.7. The fourth-order valence-corrected chi connectivity index (χ4v) is 4.96. The third-order valence-corrected chi connectivity index (χ3v) is 7.30. The number of carbonyl (C=O) groups is 2. The molecule has 210 valence electrons. The van der Waals surface area contributed by atoms with Gasteiger partial charge in [-0.1, -0.05) is 18.2 Å². The number of amides is 2. The number of nitrogens with zero attached hydrogens (tertiary/aromatic N) is 2. The van der Waals surface area contributed by atoms with Crippen molar-refractivity contribution in [3.63, 3.8) is 0 Å². The molecule has 4 aromatic carbocycles. The molecule has 0 radical (unpaired) electrons. The van der Waals surface area contributed by atoms with Crippen LogP contribution in [0.4, 0.5) is 20.2 Å². The Morgan fingerprint density at radius 3 is 2.05 bits per heavy atom. The summed E-state index contributed by atoms with van der Waals surface area (Å²) >= 11 is 0. The molecule has 0 aliphatic heterocycles. The Bertz CT molecular complexity index is 1620. The number of rotatable bonds is 11. The van der Waals surface area contributed by atoms with E-state index in [1.54, 1.807) is 42.5 Å². The van der Waals surface area contributed by atoms with Crippen LogP contribution in [0, 0.1) is 11.6 Å². The van der Waals surface area contributed by atoms with E-state index in [1.807, 2.05) is 0 Å². The molecule has 0 aliphatic carbocycles. The summed E-state index contributed by atoms with van der Waals surface area (Å²) in [5, 5.41) is 6.46. The molecule has 0 fully saturated rings. The molecule has 0 saturated heterocycles. The van der Waals surface area contributed by atoms with Gasteiger partial charge in [-0.05, 0) is 90.5 Å². The average molecular weight is 579 g/mol.